The molecule has 34 heavy (non-hydrogen) atoms. The number of rotatable bonds is 9. The summed E-state index contributed by atoms with van der Waals surface area (Å²) in [7, 11) is 0. The van der Waals surface area contributed by atoms with E-state index in [1.807, 2.05) is 13.8 Å². The summed E-state index contributed by atoms with van der Waals surface area (Å²) < 4.78 is 11.0. The SMILES string of the molecule is CC(C)CC(=O)ONC(=O)CCC(Cc1cccc(C(=O)OC(C)(C)C)c1)C(=O)OC(C)(C)C. The van der Waals surface area contributed by atoms with E-state index in [4.69, 9.17) is 14.3 Å². The topological polar surface area (TPSA) is 108 Å². The van der Waals surface area contributed by atoms with Gasteiger partial charge in [-0.05, 0) is 78.0 Å². The standard InChI is InChI=1S/C26H39NO7/c1-17(2)14-22(29)34-27-21(28)13-12-20(24(31)33-26(6,7)8)16-18-10-9-11-19(15-18)23(30)32-25(3,4)5/h9-11,15,17,20H,12-14,16H2,1-8H3,(H,27,28). The molecule has 8 nitrogen and oxygen atoms in total. The van der Waals surface area contributed by atoms with E-state index in [2.05, 4.69) is 5.48 Å². The third kappa shape index (κ3) is 12.4. The van der Waals surface area contributed by atoms with E-state index in [0.29, 0.717) is 5.56 Å². The van der Waals surface area contributed by atoms with Gasteiger partial charge < -0.3 is 14.3 Å². The number of benzene rings is 1. The van der Waals surface area contributed by atoms with Crippen molar-refractivity contribution in [3.05, 3.63) is 35.4 Å². The zero-order valence-electron chi connectivity index (χ0n) is 21.7. The van der Waals surface area contributed by atoms with Crippen LogP contribution in [0.2, 0.25) is 0 Å². The van der Waals surface area contributed by atoms with Crippen LogP contribution in [0.15, 0.2) is 24.3 Å². The Morgan fingerprint density at radius 1 is 0.941 bits per heavy atom. The number of esters is 2. The van der Waals surface area contributed by atoms with Crippen molar-refractivity contribution in [2.75, 3.05) is 0 Å². The maximum absolute atomic E-state index is 12.8. The molecule has 1 atom stereocenters. The lowest BCUT2D eigenvalue weighted by Crippen LogP contribution is -2.32. The largest absolute Gasteiger partial charge is 0.460 e. The van der Waals surface area contributed by atoms with Gasteiger partial charge in [0.05, 0.1) is 17.9 Å². The Balaban J connectivity index is 2.88. The molecule has 1 amide bonds. The number of carbonyl (C=O) groups is 4. The van der Waals surface area contributed by atoms with E-state index in [9.17, 15) is 19.2 Å². The molecule has 0 aromatic heterocycles. The summed E-state index contributed by atoms with van der Waals surface area (Å²) in [5, 5.41) is 0. The molecule has 0 heterocycles. The van der Waals surface area contributed by atoms with Gasteiger partial charge in [0.1, 0.15) is 11.2 Å². The van der Waals surface area contributed by atoms with Gasteiger partial charge in [-0.1, -0.05) is 26.0 Å². The Morgan fingerprint density at radius 2 is 1.56 bits per heavy atom. The average molecular weight is 478 g/mol. The number of hydrogen-bond donors (Lipinski definition) is 1. The van der Waals surface area contributed by atoms with Crippen molar-refractivity contribution >= 4 is 23.8 Å². The van der Waals surface area contributed by atoms with Crippen molar-refractivity contribution in [3.63, 3.8) is 0 Å². The van der Waals surface area contributed by atoms with Crippen molar-refractivity contribution in [3.8, 4) is 0 Å². The van der Waals surface area contributed by atoms with Crippen LogP contribution in [0.3, 0.4) is 0 Å². The third-order valence-electron chi connectivity index (χ3n) is 4.36. The van der Waals surface area contributed by atoms with Gasteiger partial charge in [0.15, 0.2) is 0 Å². The van der Waals surface area contributed by atoms with E-state index >= 15 is 0 Å². The summed E-state index contributed by atoms with van der Waals surface area (Å²) >= 11 is 0. The lowest BCUT2D eigenvalue weighted by molar-refractivity contribution is -0.162. The predicted molar refractivity (Wildman–Crippen MR) is 128 cm³/mol. The number of nitrogens with one attached hydrogen (secondary N) is 1. The summed E-state index contributed by atoms with van der Waals surface area (Å²) in [5.74, 6) is -2.45. The van der Waals surface area contributed by atoms with Crippen LogP contribution in [-0.4, -0.2) is 35.0 Å². The first-order valence-corrected chi connectivity index (χ1v) is 11.6. The van der Waals surface area contributed by atoms with Crippen LogP contribution in [0.25, 0.3) is 0 Å². The van der Waals surface area contributed by atoms with Crippen molar-refractivity contribution in [2.24, 2.45) is 11.8 Å². The molecule has 0 aliphatic rings. The normalized spacial score (nSPS) is 12.6. The van der Waals surface area contributed by atoms with E-state index in [1.54, 1.807) is 65.8 Å². The molecule has 0 bridgehead atoms. The third-order valence-corrected chi connectivity index (χ3v) is 4.36. The van der Waals surface area contributed by atoms with Gasteiger partial charge in [-0.3, -0.25) is 9.59 Å². The molecule has 190 valence electrons. The van der Waals surface area contributed by atoms with Crippen LogP contribution in [-0.2, 0) is 35.1 Å². The average Bonchev–Trinajstić information content (AvgIpc) is 2.66. The first-order chi connectivity index (χ1) is 15.6. The minimum Gasteiger partial charge on any atom is -0.460 e. The van der Waals surface area contributed by atoms with Gasteiger partial charge in [-0.25, -0.2) is 9.59 Å². The number of carbonyl (C=O) groups excluding carboxylic acids is 4. The van der Waals surface area contributed by atoms with E-state index in [-0.39, 0.29) is 31.6 Å². The number of hydroxylamine groups is 1. The minimum atomic E-state index is -0.692. The molecule has 8 heteroatoms. The maximum atomic E-state index is 12.8. The molecule has 0 fully saturated rings. The molecule has 1 aromatic rings. The summed E-state index contributed by atoms with van der Waals surface area (Å²) in [6.45, 7) is 14.4. The highest BCUT2D eigenvalue weighted by molar-refractivity contribution is 5.90. The molecule has 0 saturated heterocycles. The molecular formula is C26H39NO7. The fourth-order valence-corrected chi connectivity index (χ4v) is 2.98. The van der Waals surface area contributed by atoms with Gasteiger partial charge >= 0.3 is 17.9 Å². The van der Waals surface area contributed by atoms with Crippen LogP contribution in [0.5, 0.6) is 0 Å². The predicted octanol–water partition coefficient (Wildman–Crippen LogP) is 4.54. The lowest BCUT2D eigenvalue weighted by Gasteiger charge is -2.24. The fourth-order valence-electron chi connectivity index (χ4n) is 2.98. The van der Waals surface area contributed by atoms with Crippen LogP contribution in [0.1, 0.15) is 90.6 Å². The lowest BCUT2D eigenvalue weighted by atomic mass is 9.93. The number of amides is 1. The number of ether oxygens (including phenoxy) is 2. The quantitative estimate of drug-likeness (QED) is 0.316. The highest BCUT2D eigenvalue weighted by atomic mass is 16.7. The van der Waals surface area contributed by atoms with Crippen LogP contribution in [0.4, 0.5) is 0 Å². The van der Waals surface area contributed by atoms with Gasteiger partial charge in [-0.2, -0.15) is 5.48 Å². The first-order valence-electron chi connectivity index (χ1n) is 11.6. The van der Waals surface area contributed by atoms with Crippen LogP contribution in [0, 0.1) is 11.8 Å². The summed E-state index contributed by atoms with van der Waals surface area (Å²) in [6, 6.07) is 6.86. The molecule has 1 rings (SSSR count). The first kappa shape index (κ1) is 29.1. The highest BCUT2D eigenvalue weighted by Gasteiger charge is 2.27. The smallest absolute Gasteiger partial charge is 0.338 e. The Kier molecular flexibility index (Phi) is 10.7. The van der Waals surface area contributed by atoms with Crippen molar-refractivity contribution in [2.45, 2.75) is 92.3 Å². The molecule has 1 aromatic carbocycles. The molecule has 0 aliphatic heterocycles. The van der Waals surface area contributed by atoms with Gasteiger partial charge in [-0.15, -0.1) is 0 Å². The van der Waals surface area contributed by atoms with E-state index < -0.39 is 40.9 Å². The second-order valence-electron chi connectivity index (χ2n) is 10.8. The second-order valence-corrected chi connectivity index (χ2v) is 10.8. The van der Waals surface area contributed by atoms with Crippen molar-refractivity contribution in [1.82, 2.24) is 5.48 Å². The highest BCUT2D eigenvalue weighted by Crippen LogP contribution is 2.21. The maximum Gasteiger partial charge on any atom is 0.338 e. The zero-order chi connectivity index (χ0) is 26.1. The second kappa shape index (κ2) is 12.5. The summed E-state index contributed by atoms with van der Waals surface area (Å²) in [5.41, 5.74) is 1.94. The fraction of sp³-hybridized carbons (Fsp3) is 0.615. The van der Waals surface area contributed by atoms with Crippen LogP contribution >= 0.6 is 0 Å². The molecule has 0 spiro atoms. The minimum absolute atomic E-state index is 0.0371. The molecule has 1 unspecified atom stereocenters. The van der Waals surface area contributed by atoms with Crippen LogP contribution < -0.4 is 5.48 Å². The number of hydrogen-bond acceptors (Lipinski definition) is 7. The summed E-state index contributed by atoms with van der Waals surface area (Å²) in [4.78, 5) is 53.8. The molecule has 0 aliphatic carbocycles. The van der Waals surface area contributed by atoms with Gasteiger partial charge in [0.25, 0.3) is 5.91 Å². The Morgan fingerprint density at radius 3 is 2.12 bits per heavy atom. The molecular weight excluding hydrogens is 438 g/mol. The zero-order valence-corrected chi connectivity index (χ0v) is 21.7. The van der Waals surface area contributed by atoms with Gasteiger partial charge in [0.2, 0.25) is 0 Å². The van der Waals surface area contributed by atoms with Crippen molar-refractivity contribution in [1.29, 1.82) is 0 Å². The van der Waals surface area contributed by atoms with Crippen molar-refractivity contribution < 1.29 is 33.5 Å². The monoisotopic (exact) mass is 477 g/mol. The summed E-state index contributed by atoms with van der Waals surface area (Å²) in [6.07, 6.45) is 0.602. The van der Waals surface area contributed by atoms with Gasteiger partial charge in [0, 0.05) is 6.42 Å². The molecule has 0 saturated carbocycles. The Hall–Kier alpha value is -2.90. The Bertz CT molecular complexity index is 863. The molecule has 1 N–H and O–H groups in total. The molecule has 0 radical (unpaired) electrons. The van der Waals surface area contributed by atoms with E-state index in [0.717, 1.165) is 5.56 Å². The Labute approximate surface area is 202 Å². The van der Waals surface area contributed by atoms with E-state index in [1.165, 1.54) is 0 Å².